The Morgan fingerprint density at radius 2 is 0.583 bits per heavy atom. The van der Waals surface area contributed by atoms with Gasteiger partial charge in [0, 0.05) is 0 Å². The average Bonchev–Trinajstić information content (AvgIpc) is 1.70. The second-order valence-corrected chi connectivity index (χ2v) is 0.866. The van der Waals surface area contributed by atoms with Crippen LogP contribution < -0.4 is 169 Å². The summed E-state index contributed by atoms with van der Waals surface area (Å²) < 4.78 is 0. The van der Waals surface area contributed by atoms with Crippen molar-refractivity contribution >= 4 is 0 Å². The summed E-state index contributed by atoms with van der Waals surface area (Å²) in [5.41, 5.74) is 0. The maximum Gasteiger partial charge on any atom is 1.00 e. The van der Waals surface area contributed by atoms with E-state index in [1.54, 1.807) is 20.8 Å². The summed E-state index contributed by atoms with van der Waals surface area (Å²) in [6.07, 6.45) is 0. The van der Waals surface area contributed by atoms with Crippen LogP contribution in [0.3, 0.4) is 0 Å². The van der Waals surface area contributed by atoms with Crippen molar-refractivity contribution in [3.63, 3.8) is 0 Å². The third kappa shape index (κ3) is 123. The molecule has 0 aromatic heterocycles. The summed E-state index contributed by atoms with van der Waals surface area (Å²) in [6.45, 7) is 4.71. The van der Waals surface area contributed by atoms with Crippen LogP contribution in [0.1, 0.15) is 20.8 Å². The van der Waals surface area contributed by atoms with Crippen molar-refractivity contribution in [2.24, 2.45) is 0 Å². The monoisotopic (exact) mass is 252 g/mol. The quantitative estimate of drug-likeness (QED) is 0.402. The first-order valence-corrected chi connectivity index (χ1v) is 2.99. The molecule has 12 heavy (non-hydrogen) atoms. The zero-order valence-electron chi connectivity index (χ0n) is 9.35. The van der Waals surface area contributed by atoms with Gasteiger partial charge in [0.1, 0.15) is 0 Å². The molecule has 0 N–H and O–H groups in total. The van der Waals surface area contributed by atoms with Crippen LogP contribution in [0.5, 0.6) is 0 Å². The van der Waals surface area contributed by atoms with Crippen LogP contribution in [0.4, 0.5) is 0 Å². The fourth-order valence-corrected chi connectivity index (χ4v) is 0. The van der Waals surface area contributed by atoms with E-state index in [1.807, 2.05) is 0 Å². The first-order valence-electron chi connectivity index (χ1n) is 2.99. The molecule has 0 aliphatic rings. The predicted molar refractivity (Wildman–Crippen MR) is 31.6 cm³/mol. The van der Waals surface area contributed by atoms with E-state index in [4.69, 9.17) is 15.3 Å². The van der Waals surface area contributed by atoms with Gasteiger partial charge >= 0.3 is 154 Å². The summed E-state index contributed by atoms with van der Waals surface area (Å²) in [7, 11) is 0. The Kier molecular flexibility index (Phi) is 171. The normalized spacial score (nSPS) is 4.50. The molecule has 6 heteroatoms. The molecule has 0 rings (SSSR count). The van der Waals surface area contributed by atoms with E-state index in [1.165, 1.54) is 0 Å². The Hall–Kier alpha value is 4.79. The van der Waals surface area contributed by atoms with Gasteiger partial charge in [-0.15, -0.1) is 19.8 Å². The molecule has 60 valence electrons. The molecule has 0 radical (unpaired) electrons. The largest absolute Gasteiger partial charge is 1.00 e. The molecular weight excluding hydrogens is 237 g/mol. The summed E-state index contributed by atoms with van der Waals surface area (Å²) >= 11 is 0. The third-order valence-corrected chi connectivity index (χ3v) is 0. The molecule has 0 heterocycles. The van der Waals surface area contributed by atoms with E-state index in [0.717, 1.165) is 0 Å². The van der Waals surface area contributed by atoms with Crippen LogP contribution >= 0.6 is 0 Å². The second-order valence-electron chi connectivity index (χ2n) is 0.866. The molecule has 0 unspecified atom stereocenters. The molecule has 0 atom stereocenters. The average molecular weight is 252 g/mol. The standard InChI is InChI=1S/3C2H5O.3K/c3*1-2-3;;;/h3*2H2,1H3;;;/q3*-1;3*+1. The first-order chi connectivity index (χ1) is 4.24. The van der Waals surface area contributed by atoms with Gasteiger partial charge in [0.25, 0.3) is 0 Å². The van der Waals surface area contributed by atoms with Gasteiger partial charge in [0.15, 0.2) is 0 Å². The van der Waals surface area contributed by atoms with Gasteiger partial charge in [-0.3, -0.25) is 0 Å². The van der Waals surface area contributed by atoms with Crippen LogP contribution in [-0.2, 0) is 0 Å². The van der Waals surface area contributed by atoms with Crippen LogP contribution in [0.15, 0.2) is 0 Å². The fourth-order valence-electron chi connectivity index (χ4n) is 0. The molecule has 0 saturated carbocycles. The molecule has 0 saturated heterocycles. The van der Waals surface area contributed by atoms with Crippen molar-refractivity contribution in [1.82, 2.24) is 0 Å². The third-order valence-electron chi connectivity index (χ3n) is 0. The van der Waals surface area contributed by atoms with Crippen molar-refractivity contribution in [3.8, 4) is 0 Å². The van der Waals surface area contributed by atoms with E-state index in [2.05, 4.69) is 0 Å². The minimum atomic E-state index is 0. The Morgan fingerprint density at radius 3 is 0.583 bits per heavy atom. The Morgan fingerprint density at radius 1 is 0.583 bits per heavy atom. The van der Waals surface area contributed by atoms with Crippen LogP contribution in [0, 0.1) is 0 Å². The number of hydrogen-bond donors (Lipinski definition) is 0. The van der Waals surface area contributed by atoms with Crippen LogP contribution in [-0.4, -0.2) is 19.8 Å². The SMILES string of the molecule is CC[O-].CC[O-].CC[O-].[K+].[K+].[K+]. The van der Waals surface area contributed by atoms with Gasteiger partial charge in [0.2, 0.25) is 0 Å². The van der Waals surface area contributed by atoms with Crippen molar-refractivity contribution in [1.29, 1.82) is 0 Å². The molecule has 0 aromatic carbocycles. The van der Waals surface area contributed by atoms with Crippen molar-refractivity contribution < 1.29 is 169 Å². The number of hydrogen-bond acceptors (Lipinski definition) is 3. The van der Waals surface area contributed by atoms with Gasteiger partial charge in [-0.05, 0) is 0 Å². The maximum atomic E-state index is 8.93. The molecule has 0 aliphatic carbocycles. The minimum Gasteiger partial charge on any atom is -0.855 e. The molecule has 0 fully saturated rings. The van der Waals surface area contributed by atoms with Crippen molar-refractivity contribution in [3.05, 3.63) is 0 Å². The summed E-state index contributed by atoms with van der Waals surface area (Å²) in [6, 6.07) is 0. The van der Waals surface area contributed by atoms with E-state index >= 15 is 0 Å². The van der Waals surface area contributed by atoms with E-state index < -0.39 is 0 Å². The van der Waals surface area contributed by atoms with Crippen molar-refractivity contribution in [2.45, 2.75) is 20.8 Å². The molecule has 0 aliphatic heterocycles. The fraction of sp³-hybridized carbons (Fsp3) is 1.00. The first kappa shape index (κ1) is 36.0. The molecular formula is C6H15K3O3. The predicted octanol–water partition coefficient (Wildman–Crippen LogP) is -10.9. The van der Waals surface area contributed by atoms with Gasteiger partial charge in [-0.1, -0.05) is 20.8 Å². The summed E-state index contributed by atoms with van der Waals surface area (Å²) in [5.74, 6) is 0. The van der Waals surface area contributed by atoms with Gasteiger partial charge < -0.3 is 15.3 Å². The van der Waals surface area contributed by atoms with Gasteiger partial charge in [-0.2, -0.15) is 0 Å². The molecule has 3 nitrogen and oxygen atoms in total. The zero-order valence-corrected chi connectivity index (χ0v) is 18.7. The molecule has 0 amide bonds. The van der Waals surface area contributed by atoms with Crippen molar-refractivity contribution in [2.75, 3.05) is 19.8 Å². The van der Waals surface area contributed by atoms with E-state index in [9.17, 15) is 0 Å². The molecule has 0 spiro atoms. The van der Waals surface area contributed by atoms with Gasteiger partial charge in [-0.25, -0.2) is 0 Å². The second kappa shape index (κ2) is 56.9. The summed E-state index contributed by atoms with van der Waals surface area (Å²) in [5, 5.41) is 26.8. The Labute approximate surface area is 204 Å². The van der Waals surface area contributed by atoms with Crippen LogP contribution in [0.2, 0.25) is 0 Å². The topological polar surface area (TPSA) is 69.2 Å². The Bertz CT molecular complexity index is 22.8. The number of rotatable bonds is 0. The summed E-state index contributed by atoms with van der Waals surface area (Å²) in [4.78, 5) is 0. The van der Waals surface area contributed by atoms with Crippen LogP contribution in [0.25, 0.3) is 0 Å². The molecule has 0 bridgehead atoms. The maximum absolute atomic E-state index is 8.93. The zero-order chi connectivity index (χ0) is 8.12. The van der Waals surface area contributed by atoms with E-state index in [-0.39, 0.29) is 174 Å². The minimum absolute atomic E-state index is 0. The van der Waals surface area contributed by atoms with Gasteiger partial charge in [0.05, 0.1) is 0 Å². The molecule has 0 aromatic rings. The smallest absolute Gasteiger partial charge is 0.855 e. The van der Waals surface area contributed by atoms with E-state index in [0.29, 0.717) is 0 Å². The Balaban J connectivity index is -0.00000001000.